The first-order chi connectivity index (χ1) is 27.5. The lowest BCUT2D eigenvalue weighted by molar-refractivity contribution is 0.0872. The fraction of sp³-hybridized carbons (Fsp3) is 0.326. The van der Waals surface area contributed by atoms with Crippen molar-refractivity contribution in [3.63, 3.8) is 0 Å². The summed E-state index contributed by atoms with van der Waals surface area (Å²) in [6.07, 6.45) is 1.09. The summed E-state index contributed by atoms with van der Waals surface area (Å²) in [4.78, 5) is 14.1. The summed E-state index contributed by atoms with van der Waals surface area (Å²) in [5, 5.41) is 19.8. The van der Waals surface area contributed by atoms with Gasteiger partial charge in [-0.3, -0.25) is 0 Å². The van der Waals surface area contributed by atoms with E-state index in [1.54, 1.807) is 4.90 Å². The van der Waals surface area contributed by atoms with E-state index >= 15 is 0 Å². The third-order valence-electron chi connectivity index (χ3n) is 10.4. The van der Waals surface area contributed by atoms with Gasteiger partial charge >= 0.3 is 14.4 Å². The molecular formula is C46H53F2N3O5Si. The number of nitrogens with one attached hydrogen (secondary N) is 2. The number of carbonyl (C=O) groups is 1. The summed E-state index contributed by atoms with van der Waals surface area (Å²) in [6, 6.07) is 40.4. The van der Waals surface area contributed by atoms with Crippen LogP contribution < -0.4 is 30.2 Å². The van der Waals surface area contributed by atoms with Crippen LogP contribution in [-0.2, 0) is 17.8 Å². The van der Waals surface area contributed by atoms with E-state index in [0.717, 1.165) is 48.9 Å². The van der Waals surface area contributed by atoms with Crippen LogP contribution in [0.5, 0.6) is 11.5 Å². The number of benzene rings is 5. The van der Waals surface area contributed by atoms with E-state index in [1.807, 2.05) is 36.4 Å². The van der Waals surface area contributed by atoms with Crippen LogP contribution >= 0.6 is 0 Å². The zero-order valence-electron chi connectivity index (χ0n) is 32.9. The van der Waals surface area contributed by atoms with E-state index in [4.69, 9.17) is 13.9 Å². The molecule has 5 aromatic carbocycles. The van der Waals surface area contributed by atoms with Gasteiger partial charge in [0.2, 0.25) is 0 Å². The highest BCUT2D eigenvalue weighted by molar-refractivity contribution is 7.00. The number of halogens is 2. The van der Waals surface area contributed by atoms with Gasteiger partial charge in [0.15, 0.2) is 0 Å². The predicted molar refractivity (Wildman–Crippen MR) is 224 cm³/mol. The minimum absolute atomic E-state index is 0.0130. The van der Waals surface area contributed by atoms with E-state index in [2.05, 4.69) is 104 Å². The number of ether oxygens (including phenoxy) is 2. The molecule has 0 spiro atoms. The molecule has 1 saturated heterocycles. The Balaban J connectivity index is 0.893. The molecule has 0 bridgehead atoms. The molecule has 0 radical (unpaired) electrons. The molecule has 6 rings (SSSR count). The molecule has 1 aliphatic rings. The average Bonchev–Trinajstić information content (AvgIpc) is 3.22. The lowest BCUT2D eigenvalue weighted by atomic mass is 10.0. The first-order valence-electron chi connectivity index (χ1n) is 19.6. The molecule has 5 aromatic rings. The molecular weight excluding hydrogens is 741 g/mol. The Morgan fingerprint density at radius 2 is 1.46 bits per heavy atom. The SMILES string of the molecule is CC(C)(C)[Si](Oc1ccc(OC[C@@H](O)CNCCc2ccc(NC3CCN(C(=O)OCc4cc(F)ccc4F)CC3)cc2)cc1)(c1ccccc1)c1ccccc1. The van der Waals surface area contributed by atoms with Gasteiger partial charge in [-0.05, 0) is 101 Å². The molecule has 0 aromatic heterocycles. The maximum absolute atomic E-state index is 13.9. The molecule has 0 saturated carbocycles. The van der Waals surface area contributed by atoms with Crippen LogP contribution in [0.4, 0.5) is 19.3 Å². The molecule has 1 aliphatic heterocycles. The molecule has 1 heterocycles. The molecule has 0 unspecified atom stereocenters. The minimum atomic E-state index is -2.74. The third-order valence-corrected chi connectivity index (χ3v) is 15.3. The molecule has 0 aliphatic carbocycles. The number of rotatable bonds is 16. The number of hydrogen-bond donors (Lipinski definition) is 3. The standard InChI is InChI=1S/C46H53F2N3O5Si/c1-46(2,3)57(42-10-6-4-7-11-42,43-12-8-5-9-13-43)56-41-21-19-40(20-22-41)54-33-39(52)31-49-27-24-34-14-17-37(18-15-34)50-38-25-28-51(29-26-38)45(53)55-32-35-30-36(47)16-23-44(35)48/h4-23,30,38-39,49-50,52H,24-29,31-33H2,1-3H3/t39-/m0/s1. The van der Waals surface area contributed by atoms with Crippen molar-refractivity contribution in [1.29, 1.82) is 0 Å². The summed E-state index contributed by atoms with van der Waals surface area (Å²) < 4.78 is 45.5. The van der Waals surface area contributed by atoms with Gasteiger partial charge in [-0.1, -0.05) is 93.6 Å². The zero-order valence-corrected chi connectivity index (χ0v) is 33.9. The highest BCUT2D eigenvalue weighted by Crippen LogP contribution is 2.38. The van der Waals surface area contributed by atoms with Gasteiger partial charge in [0, 0.05) is 36.9 Å². The molecule has 1 atom stereocenters. The normalized spacial score (nSPS) is 14.2. The van der Waals surface area contributed by atoms with Crippen LogP contribution in [-0.4, -0.2) is 69.3 Å². The molecule has 57 heavy (non-hydrogen) atoms. The van der Waals surface area contributed by atoms with Crippen LogP contribution in [0, 0.1) is 11.6 Å². The second kappa shape index (κ2) is 19.3. The summed E-state index contributed by atoms with van der Waals surface area (Å²) >= 11 is 0. The molecule has 8 nitrogen and oxygen atoms in total. The van der Waals surface area contributed by atoms with Gasteiger partial charge in [0.1, 0.15) is 42.5 Å². The topological polar surface area (TPSA) is 92.3 Å². The van der Waals surface area contributed by atoms with Gasteiger partial charge in [-0.15, -0.1) is 0 Å². The van der Waals surface area contributed by atoms with Crippen molar-refractivity contribution >= 4 is 30.5 Å². The second-order valence-corrected chi connectivity index (χ2v) is 19.8. The summed E-state index contributed by atoms with van der Waals surface area (Å²) in [7, 11) is -2.74. The molecule has 1 fully saturated rings. The lowest BCUT2D eigenvalue weighted by Gasteiger charge is -2.43. The highest BCUT2D eigenvalue weighted by atomic mass is 28.4. The van der Waals surface area contributed by atoms with Crippen molar-refractivity contribution in [2.24, 2.45) is 0 Å². The Morgan fingerprint density at radius 3 is 2.07 bits per heavy atom. The number of nitrogens with zero attached hydrogens (tertiary/aromatic N) is 1. The lowest BCUT2D eigenvalue weighted by Crippen LogP contribution is -2.68. The van der Waals surface area contributed by atoms with Gasteiger partial charge in [-0.2, -0.15) is 0 Å². The van der Waals surface area contributed by atoms with Gasteiger partial charge < -0.3 is 34.5 Å². The van der Waals surface area contributed by atoms with Crippen LogP contribution in [0.2, 0.25) is 5.04 Å². The maximum atomic E-state index is 13.9. The smallest absolute Gasteiger partial charge is 0.410 e. The number of anilines is 1. The van der Waals surface area contributed by atoms with Gasteiger partial charge in [0.05, 0.1) is 0 Å². The number of aliphatic hydroxyl groups excluding tert-OH is 1. The first-order valence-corrected chi connectivity index (χ1v) is 21.5. The van der Waals surface area contributed by atoms with E-state index < -0.39 is 32.1 Å². The number of carbonyl (C=O) groups excluding carboxylic acids is 1. The monoisotopic (exact) mass is 793 g/mol. The molecule has 11 heteroatoms. The number of aliphatic hydroxyl groups is 1. The first kappa shape index (κ1) is 41.4. The van der Waals surface area contributed by atoms with Crippen molar-refractivity contribution in [1.82, 2.24) is 10.2 Å². The molecule has 1 amide bonds. The minimum Gasteiger partial charge on any atom is -0.534 e. The van der Waals surface area contributed by atoms with E-state index in [0.29, 0.717) is 31.9 Å². The van der Waals surface area contributed by atoms with Crippen LogP contribution in [0.3, 0.4) is 0 Å². The quantitative estimate of drug-likeness (QED) is 0.0698. The summed E-state index contributed by atoms with van der Waals surface area (Å²) in [5.41, 5.74) is 2.19. The number of amides is 1. The fourth-order valence-corrected chi connectivity index (χ4v) is 11.7. The Morgan fingerprint density at radius 1 is 0.842 bits per heavy atom. The van der Waals surface area contributed by atoms with Crippen molar-refractivity contribution < 1.29 is 32.6 Å². The number of likely N-dealkylation sites (tertiary alicyclic amines) is 1. The van der Waals surface area contributed by atoms with Crippen LogP contribution in [0.1, 0.15) is 44.7 Å². The Bertz CT molecular complexity index is 1970. The van der Waals surface area contributed by atoms with Crippen LogP contribution in [0.15, 0.2) is 127 Å². The Kier molecular flexibility index (Phi) is 14.0. The van der Waals surface area contributed by atoms with Crippen molar-refractivity contribution in [2.75, 3.05) is 38.1 Å². The van der Waals surface area contributed by atoms with Gasteiger partial charge in [0.25, 0.3) is 0 Å². The van der Waals surface area contributed by atoms with Crippen molar-refractivity contribution in [3.8, 4) is 11.5 Å². The summed E-state index contributed by atoms with van der Waals surface area (Å²) in [6.45, 7) is 8.75. The molecule has 300 valence electrons. The van der Waals surface area contributed by atoms with Crippen molar-refractivity contribution in [2.45, 2.75) is 63.8 Å². The van der Waals surface area contributed by atoms with Crippen molar-refractivity contribution in [3.05, 3.63) is 150 Å². The fourth-order valence-electron chi connectivity index (χ4n) is 7.28. The zero-order chi connectivity index (χ0) is 40.3. The highest BCUT2D eigenvalue weighted by Gasteiger charge is 2.52. The van der Waals surface area contributed by atoms with Crippen LogP contribution in [0.25, 0.3) is 0 Å². The Labute approximate surface area is 335 Å². The average molecular weight is 794 g/mol. The largest absolute Gasteiger partial charge is 0.534 e. The molecule has 3 N–H and O–H groups in total. The number of piperidine rings is 1. The third kappa shape index (κ3) is 11.0. The summed E-state index contributed by atoms with van der Waals surface area (Å²) in [5.74, 6) is 0.269. The van der Waals surface area contributed by atoms with E-state index in [1.165, 1.54) is 15.9 Å². The Hall–Kier alpha value is -5.23. The van der Waals surface area contributed by atoms with E-state index in [9.17, 15) is 18.7 Å². The van der Waals surface area contributed by atoms with Gasteiger partial charge in [-0.25, -0.2) is 13.6 Å². The van der Waals surface area contributed by atoms with E-state index in [-0.39, 0.29) is 29.9 Å². The maximum Gasteiger partial charge on any atom is 0.410 e. The predicted octanol–water partition coefficient (Wildman–Crippen LogP) is 7.69. The second-order valence-electron chi connectivity index (χ2n) is 15.5. The number of hydrogen-bond acceptors (Lipinski definition) is 7.